The first kappa shape index (κ1) is 14.9. The van der Waals surface area contributed by atoms with Crippen LogP contribution in [0, 0.1) is 5.82 Å². The van der Waals surface area contributed by atoms with Crippen LogP contribution in [0.1, 0.15) is 5.56 Å². The maximum atomic E-state index is 13.4. The Hall–Kier alpha value is -1.52. The van der Waals surface area contributed by atoms with Gasteiger partial charge in [0.25, 0.3) is 0 Å². The van der Waals surface area contributed by atoms with E-state index >= 15 is 0 Å². The molecule has 5 heteroatoms. The molecule has 0 heterocycles. The Morgan fingerprint density at radius 3 is 2.60 bits per heavy atom. The summed E-state index contributed by atoms with van der Waals surface area (Å²) in [5, 5.41) is 3.31. The first-order chi connectivity index (χ1) is 9.66. The van der Waals surface area contributed by atoms with Crippen LogP contribution in [-0.4, -0.2) is 11.7 Å². The molecule has 0 aliphatic rings. The summed E-state index contributed by atoms with van der Waals surface area (Å²) in [6.07, 6.45) is 0. The van der Waals surface area contributed by atoms with Crippen LogP contribution in [0.3, 0.4) is 0 Å². The predicted molar refractivity (Wildman–Crippen MR) is 80.4 cm³/mol. The summed E-state index contributed by atoms with van der Waals surface area (Å²) in [4.78, 5) is 12.6. The SMILES string of the molecule is O=C(CSc1ccccc1Cl)NCc1ccccc1F. The van der Waals surface area contributed by atoms with E-state index in [2.05, 4.69) is 5.32 Å². The van der Waals surface area contributed by atoms with Gasteiger partial charge in [0.2, 0.25) is 5.91 Å². The quantitative estimate of drug-likeness (QED) is 0.849. The highest BCUT2D eigenvalue weighted by atomic mass is 35.5. The second kappa shape index (κ2) is 7.31. The van der Waals surface area contributed by atoms with Gasteiger partial charge in [0.1, 0.15) is 5.82 Å². The van der Waals surface area contributed by atoms with Crippen molar-refractivity contribution in [1.82, 2.24) is 5.32 Å². The summed E-state index contributed by atoms with van der Waals surface area (Å²) in [6.45, 7) is 0.189. The third kappa shape index (κ3) is 4.25. The Bertz CT molecular complexity index is 554. The first-order valence-corrected chi connectivity index (χ1v) is 7.40. The number of carbonyl (C=O) groups excluding carboxylic acids is 1. The van der Waals surface area contributed by atoms with Gasteiger partial charge >= 0.3 is 0 Å². The summed E-state index contributed by atoms with van der Waals surface area (Å²) in [5.74, 6) is -0.220. The normalized spacial score (nSPS) is 10.3. The third-order valence-corrected chi connectivity index (χ3v) is 4.14. The van der Waals surface area contributed by atoms with E-state index in [9.17, 15) is 9.18 Å². The van der Waals surface area contributed by atoms with Crippen molar-refractivity contribution in [1.29, 1.82) is 0 Å². The molecule has 2 aromatic carbocycles. The Labute approximate surface area is 126 Å². The van der Waals surface area contributed by atoms with Gasteiger partial charge in [-0.05, 0) is 18.2 Å². The molecule has 1 amide bonds. The molecule has 0 aliphatic carbocycles. The average Bonchev–Trinajstić information content (AvgIpc) is 2.45. The Morgan fingerprint density at radius 1 is 1.15 bits per heavy atom. The number of hydrogen-bond donors (Lipinski definition) is 1. The van der Waals surface area contributed by atoms with E-state index in [0.29, 0.717) is 10.6 Å². The summed E-state index contributed by atoms with van der Waals surface area (Å²) in [5.41, 5.74) is 0.476. The van der Waals surface area contributed by atoms with Gasteiger partial charge in [-0.15, -0.1) is 11.8 Å². The van der Waals surface area contributed by atoms with E-state index < -0.39 is 0 Å². The minimum atomic E-state index is -0.313. The highest BCUT2D eigenvalue weighted by molar-refractivity contribution is 8.00. The largest absolute Gasteiger partial charge is 0.351 e. The molecule has 2 rings (SSSR count). The zero-order valence-corrected chi connectivity index (χ0v) is 12.2. The fraction of sp³-hybridized carbons (Fsp3) is 0.133. The second-order valence-corrected chi connectivity index (χ2v) is 5.51. The lowest BCUT2D eigenvalue weighted by atomic mass is 10.2. The van der Waals surface area contributed by atoms with Crippen LogP contribution in [0.2, 0.25) is 5.02 Å². The van der Waals surface area contributed by atoms with Gasteiger partial charge < -0.3 is 5.32 Å². The van der Waals surface area contributed by atoms with Crippen LogP contribution < -0.4 is 5.32 Å². The number of carbonyl (C=O) groups is 1. The smallest absolute Gasteiger partial charge is 0.230 e. The summed E-state index contributed by atoms with van der Waals surface area (Å²) in [6, 6.07) is 13.7. The zero-order valence-electron chi connectivity index (χ0n) is 10.6. The molecule has 0 fully saturated rings. The Balaban J connectivity index is 1.82. The molecule has 0 unspecified atom stereocenters. The Morgan fingerprint density at radius 2 is 1.85 bits per heavy atom. The lowest BCUT2D eigenvalue weighted by molar-refractivity contribution is -0.118. The molecule has 0 atom stereocenters. The van der Waals surface area contributed by atoms with Crippen molar-refractivity contribution in [2.75, 3.05) is 5.75 Å². The standard InChI is InChI=1S/C15H13ClFNOS/c16-12-6-2-4-8-14(12)20-10-15(19)18-9-11-5-1-3-7-13(11)17/h1-8H,9-10H2,(H,18,19). The van der Waals surface area contributed by atoms with Gasteiger partial charge in [0.05, 0.1) is 10.8 Å². The zero-order chi connectivity index (χ0) is 14.4. The van der Waals surface area contributed by atoms with Crippen LogP contribution in [0.5, 0.6) is 0 Å². The molecule has 0 spiro atoms. The summed E-state index contributed by atoms with van der Waals surface area (Å²) in [7, 11) is 0. The first-order valence-electron chi connectivity index (χ1n) is 6.04. The fourth-order valence-corrected chi connectivity index (χ4v) is 2.66. The van der Waals surface area contributed by atoms with Crippen LogP contribution in [0.25, 0.3) is 0 Å². The lowest BCUT2D eigenvalue weighted by Gasteiger charge is -2.07. The Kier molecular flexibility index (Phi) is 5.44. The van der Waals surface area contributed by atoms with Crippen molar-refractivity contribution in [3.63, 3.8) is 0 Å². The van der Waals surface area contributed by atoms with Gasteiger partial charge in [-0.1, -0.05) is 41.9 Å². The van der Waals surface area contributed by atoms with E-state index in [1.807, 2.05) is 18.2 Å². The van der Waals surface area contributed by atoms with Crippen molar-refractivity contribution >= 4 is 29.3 Å². The van der Waals surface area contributed by atoms with Crippen molar-refractivity contribution in [2.45, 2.75) is 11.4 Å². The molecule has 1 N–H and O–H groups in total. The van der Waals surface area contributed by atoms with Crippen molar-refractivity contribution < 1.29 is 9.18 Å². The van der Waals surface area contributed by atoms with Gasteiger partial charge in [-0.2, -0.15) is 0 Å². The van der Waals surface area contributed by atoms with Gasteiger partial charge in [0.15, 0.2) is 0 Å². The van der Waals surface area contributed by atoms with Crippen molar-refractivity contribution in [2.24, 2.45) is 0 Å². The number of benzene rings is 2. The number of thioether (sulfide) groups is 1. The van der Waals surface area contributed by atoms with E-state index in [1.165, 1.54) is 17.8 Å². The topological polar surface area (TPSA) is 29.1 Å². The monoisotopic (exact) mass is 309 g/mol. The number of hydrogen-bond acceptors (Lipinski definition) is 2. The minimum absolute atomic E-state index is 0.154. The molecule has 0 radical (unpaired) electrons. The van der Waals surface area contributed by atoms with Gasteiger partial charge in [-0.25, -0.2) is 4.39 Å². The van der Waals surface area contributed by atoms with Gasteiger partial charge in [-0.3, -0.25) is 4.79 Å². The maximum absolute atomic E-state index is 13.4. The summed E-state index contributed by atoms with van der Waals surface area (Å²) < 4.78 is 13.4. The van der Waals surface area contributed by atoms with E-state index in [4.69, 9.17) is 11.6 Å². The molecular formula is C15H13ClFNOS. The number of amides is 1. The van der Waals surface area contributed by atoms with Crippen molar-refractivity contribution in [3.8, 4) is 0 Å². The average molecular weight is 310 g/mol. The highest BCUT2D eigenvalue weighted by Gasteiger charge is 2.06. The molecule has 2 aromatic rings. The van der Waals surface area contributed by atoms with Gasteiger partial charge in [0, 0.05) is 17.0 Å². The minimum Gasteiger partial charge on any atom is -0.351 e. The van der Waals surface area contributed by atoms with E-state index in [1.54, 1.807) is 24.3 Å². The van der Waals surface area contributed by atoms with Crippen LogP contribution in [0.15, 0.2) is 53.4 Å². The number of rotatable bonds is 5. The number of halogens is 2. The molecule has 0 aliphatic heterocycles. The van der Waals surface area contributed by atoms with Crippen LogP contribution >= 0.6 is 23.4 Å². The lowest BCUT2D eigenvalue weighted by Crippen LogP contribution is -2.25. The second-order valence-electron chi connectivity index (χ2n) is 4.09. The molecular weight excluding hydrogens is 297 g/mol. The van der Waals surface area contributed by atoms with E-state index in [0.717, 1.165) is 4.90 Å². The molecule has 0 aromatic heterocycles. The van der Waals surface area contributed by atoms with Crippen LogP contribution in [-0.2, 0) is 11.3 Å². The van der Waals surface area contributed by atoms with E-state index in [-0.39, 0.29) is 24.0 Å². The molecule has 0 bridgehead atoms. The molecule has 104 valence electrons. The molecule has 0 saturated heterocycles. The van der Waals surface area contributed by atoms with Crippen LogP contribution in [0.4, 0.5) is 4.39 Å². The predicted octanol–water partition coefficient (Wildman–Crippen LogP) is 3.89. The molecule has 20 heavy (non-hydrogen) atoms. The highest BCUT2D eigenvalue weighted by Crippen LogP contribution is 2.26. The molecule has 0 saturated carbocycles. The van der Waals surface area contributed by atoms with Crippen molar-refractivity contribution in [3.05, 3.63) is 64.9 Å². The maximum Gasteiger partial charge on any atom is 0.230 e. The third-order valence-electron chi connectivity index (χ3n) is 2.63. The summed E-state index contributed by atoms with van der Waals surface area (Å²) >= 11 is 7.36. The number of nitrogens with one attached hydrogen (secondary N) is 1. The fourth-order valence-electron chi connectivity index (χ4n) is 1.59. The molecule has 2 nitrogen and oxygen atoms in total.